The van der Waals surface area contributed by atoms with Crippen LogP contribution in [0.4, 0.5) is 0 Å². The van der Waals surface area contributed by atoms with E-state index >= 15 is 0 Å². The number of ether oxygens (including phenoxy) is 1. The third kappa shape index (κ3) is 4.07. The van der Waals surface area contributed by atoms with Crippen LogP contribution in [0.3, 0.4) is 0 Å². The largest absolute Gasteiger partial charge is 0.395 e. The average Bonchev–Trinajstić information content (AvgIpc) is 3.05. The second-order valence-electron chi connectivity index (χ2n) is 4.82. The van der Waals surface area contributed by atoms with Crippen LogP contribution in [0.2, 0.25) is 0 Å². The standard InChI is InChI=1S/C15H19NO3S/c1-11-7-9-19-14(11)15(18)16-10-13-6-5-12(20-13)4-2-3-8-17/h5-6,11,14,17H,3,7-10H2,1H3,(H,16,18). The van der Waals surface area contributed by atoms with Crippen LogP contribution in [0.15, 0.2) is 12.1 Å². The van der Waals surface area contributed by atoms with Crippen molar-refractivity contribution < 1.29 is 14.6 Å². The maximum Gasteiger partial charge on any atom is 0.249 e. The molecular weight excluding hydrogens is 274 g/mol. The molecule has 20 heavy (non-hydrogen) atoms. The Balaban J connectivity index is 1.82. The number of aliphatic hydroxyl groups excluding tert-OH is 1. The quantitative estimate of drug-likeness (QED) is 0.828. The number of rotatable bonds is 4. The van der Waals surface area contributed by atoms with Gasteiger partial charge in [-0.15, -0.1) is 11.3 Å². The zero-order valence-corrected chi connectivity index (χ0v) is 12.3. The van der Waals surface area contributed by atoms with Crippen LogP contribution in [-0.2, 0) is 16.1 Å². The topological polar surface area (TPSA) is 58.6 Å². The minimum atomic E-state index is -0.307. The Bertz CT molecular complexity index is 515. The third-order valence-corrected chi connectivity index (χ3v) is 4.19. The summed E-state index contributed by atoms with van der Waals surface area (Å²) in [6, 6.07) is 3.90. The van der Waals surface area contributed by atoms with E-state index in [1.54, 1.807) is 11.3 Å². The Hall–Kier alpha value is -1.35. The van der Waals surface area contributed by atoms with E-state index in [4.69, 9.17) is 9.84 Å². The molecule has 2 N–H and O–H groups in total. The normalized spacial score (nSPS) is 21.3. The Labute approximate surface area is 123 Å². The van der Waals surface area contributed by atoms with Crippen LogP contribution in [0.25, 0.3) is 0 Å². The maximum absolute atomic E-state index is 12.0. The zero-order chi connectivity index (χ0) is 14.4. The van der Waals surface area contributed by atoms with E-state index < -0.39 is 0 Å². The molecule has 4 nitrogen and oxygen atoms in total. The van der Waals surface area contributed by atoms with Crippen LogP contribution < -0.4 is 5.32 Å². The lowest BCUT2D eigenvalue weighted by Crippen LogP contribution is -2.36. The summed E-state index contributed by atoms with van der Waals surface area (Å²) in [6.07, 6.45) is 1.13. The lowest BCUT2D eigenvalue weighted by molar-refractivity contribution is -0.131. The molecule has 0 aromatic carbocycles. The van der Waals surface area contributed by atoms with Gasteiger partial charge in [0.15, 0.2) is 0 Å². The van der Waals surface area contributed by atoms with Crippen molar-refractivity contribution >= 4 is 17.2 Å². The molecule has 0 radical (unpaired) electrons. The minimum Gasteiger partial charge on any atom is -0.395 e. The fraction of sp³-hybridized carbons (Fsp3) is 0.533. The number of hydrogen-bond acceptors (Lipinski definition) is 4. The molecule has 1 fully saturated rings. The number of hydrogen-bond donors (Lipinski definition) is 2. The van der Waals surface area contributed by atoms with Gasteiger partial charge < -0.3 is 15.2 Å². The Morgan fingerprint density at radius 2 is 2.45 bits per heavy atom. The first-order valence-corrected chi connectivity index (χ1v) is 7.60. The van der Waals surface area contributed by atoms with E-state index in [1.807, 2.05) is 19.1 Å². The van der Waals surface area contributed by atoms with Gasteiger partial charge >= 0.3 is 0 Å². The van der Waals surface area contributed by atoms with Gasteiger partial charge in [0.1, 0.15) is 6.10 Å². The summed E-state index contributed by atoms with van der Waals surface area (Å²) in [4.78, 5) is 14.0. The lowest BCUT2D eigenvalue weighted by Gasteiger charge is -2.13. The van der Waals surface area contributed by atoms with Gasteiger partial charge in [-0.25, -0.2) is 0 Å². The molecule has 0 bridgehead atoms. The predicted molar refractivity (Wildman–Crippen MR) is 78.3 cm³/mol. The van der Waals surface area contributed by atoms with Crippen LogP contribution in [-0.4, -0.2) is 30.3 Å². The fourth-order valence-electron chi connectivity index (χ4n) is 2.05. The van der Waals surface area contributed by atoms with Gasteiger partial charge in [0, 0.05) is 17.9 Å². The summed E-state index contributed by atoms with van der Waals surface area (Å²) in [5, 5.41) is 11.6. The molecule has 1 aliphatic rings. The van der Waals surface area contributed by atoms with E-state index in [1.165, 1.54) is 0 Å². The summed E-state index contributed by atoms with van der Waals surface area (Å²) in [5.41, 5.74) is 0. The Morgan fingerprint density at radius 1 is 1.60 bits per heavy atom. The summed E-state index contributed by atoms with van der Waals surface area (Å²) >= 11 is 1.56. The first-order valence-electron chi connectivity index (χ1n) is 6.78. The highest BCUT2D eigenvalue weighted by Crippen LogP contribution is 2.20. The van der Waals surface area contributed by atoms with Gasteiger partial charge in [0.2, 0.25) is 5.91 Å². The van der Waals surface area contributed by atoms with Crippen molar-refractivity contribution in [3.63, 3.8) is 0 Å². The molecule has 1 aliphatic heterocycles. The SMILES string of the molecule is CC1CCOC1C(=O)NCc1ccc(C#CCCO)s1. The van der Waals surface area contributed by atoms with Gasteiger partial charge in [-0.3, -0.25) is 4.79 Å². The van der Waals surface area contributed by atoms with Crippen molar-refractivity contribution in [1.29, 1.82) is 0 Å². The third-order valence-electron chi connectivity index (χ3n) is 3.19. The van der Waals surface area contributed by atoms with Crippen LogP contribution >= 0.6 is 11.3 Å². The monoisotopic (exact) mass is 293 g/mol. The zero-order valence-electron chi connectivity index (χ0n) is 11.5. The highest BCUT2D eigenvalue weighted by atomic mass is 32.1. The summed E-state index contributed by atoms with van der Waals surface area (Å²) in [7, 11) is 0. The average molecular weight is 293 g/mol. The first kappa shape index (κ1) is 15.0. The number of aliphatic hydroxyl groups is 1. The highest BCUT2D eigenvalue weighted by molar-refractivity contribution is 7.12. The van der Waals surface area contributed by atoms with Crippen molar-refractivity contribution in [2.45, 2.75) is 32.4 Å². The van der Waals surface area contributed by atoms with Gasteiger partial charge in [-0.05, 0) is 24.5 Å². The smallest absolute Gasteiger partial charge is 0.249 e. The lowest BCUT2D eigenvalue weighted by atomic mass is 10.0. The van der Waals surface area contributed by atoms with Gasteiger partial charge in [0.05, 0.1) is 18.0 Å². The first-order chi connectivity index (χ1) is 9.70. The van der Waals surface area contributed by atoms with Crippen molar-refractivity contribution in [2.24, 2.45) is 5.92 Å². The molecule has 1 aromatic rings. The Kier molecular flexibility index (Phi) is 5.60. The number of thiophene rings is 1. The van der Waals surface area contributed by atoms with E-state index in [2.05, 4.69) is 17.2 Å². The van der Waals surface area contributed by atoms with Gasteiger partial charge in [-0.2, -0.15) is 0 Å². The van der Waals surface area contributed by atoms with Crippen molar-refractivity contribution in [2.75, 3.05) is 13.2 Å². The molecule has 0 saturated carbocycles. The molecule has 1 amide bonds. The Morgan fingerprint density at radius 3 is 3.15 bits per heavy atom. The van der Waals surface area contributed by atoms with E-state index in [0.29, 0.717) is 25.5 Å². The van der Waals surface area contributed by atoms with E-state index in [0.717, 1.165) is 16.2 Å². The summed E-state index contributed by atoms with van der Waals surface area (Å²) < 4.78 is 5.43. The molecule has 1 aromatic heterocycles. The van der Waals surface area contributed by atoms with Crippen molar-refractivity contribution in [1.82, 2.24) is 5.32 Å². The van der Waals surface area contributed by atoms with Crippen molar-refractivity contribution in [3.8, 4) is 11.8 Å². The molecule has 2 unspecified atom stereocenters. The second kappa shape index (κ2) is 7.44. The predicted octanol–water partition coefficient (Wildman–Crippen LogP) is 1.52. The van der Waals surface area contributed by atoms with Crippen molar-refractivity contribution in [3.05, 3.63) is 21.9 Å². The van der Waals surface area contributed by atoms with Crippen LogP contribution in [0.1, 0.15) is 29.5 Å². The molecular formula is C15H19NO3S. The van der Waals surface area contributed by atoms with Gasteiger partial charge in [-0.1, -0.05) is 18.8 Å². The summed E-state index contributed by atoms with van der Waals surface area (Å²) in [5.74, 6) is 6.13. The molecule has 2 atom stereocenters. The van der Waals surface area contributed by atoms with Gasteiger partial charge in [0.25, 0.3) is 0 Å². The number of carbonyl (C=O) groups is 1. The van der Waals surface area contributed by atoms with E-state index in [9.17, 15) is 4.79 Å². The molecule has 5 heteroatoms. The highest BCUT2D eigenvalue weighted by Gasteiger charge is 2.30. The number of amides is 1. The molecule has 2 heterocycles. The molecule has 0 spiro atoms. The van der Waals surface area contributed by atoms with Crippen LogP contribution in [0, 0.1) is 17.8 Å². The molecule has 108 valence electrons. The number of carbonyl (C=O) groups excluding carboxylic acids is 1. The fourth-order valence-corrected chi connectivity index (χ4v) is 2.87. The molecule has 1 saturated heterocycles. The van der Waals surface area contributed by atoms with E-state index in [-0.39, 0.29) is 18.6 Å². The minimum absolute atomic E-state index is 0.0312. The molecule has 2 rings (SSSR count). The van der Waals surface area contributed by atoms with Crippen LogP contribution in [0.5, 0.6) is 0 Å². The number of nitrogens with one attached hydrogen (secondary N) is 1. The molecule has 0 aliphatic carbocycles. The summed E-state index contributed by atoms with van der Waals surface area (Å²) in [6.45, 7) is 3.30. The maximum atomic E-state index is 12.0. The second-order valence-corrected chi connectivity index (χ2v) is 5.98.